The molecule has 0 aliphatic heterocycles. The average Bonchev–Trinajstić information content (AvgIpc) is 2.37. The van der Waals surface area contributed by atoms with E-state index in [4.69, 9.17) is 0 Å². The summed E-state index contributed by atoms with van der Waals surface area (Å²) >= 11 is 0. The van der Waals surface area contributed by atoms with E-state index in [-0.39, 0.29) is 11.4 Å². The van der Waals surface area contributed by atoms with Crippen LogP contribution in [-0.4, -0.2) is 57.6 Å². The minimum Gasteiger partial charge on any atom is -0.406 e. The lowest BCUT2D eigenvalue weighted by Crippen LogP contribution is -2.37. The summed E-state index contributed by atoms with van der Waals surface area (Å²) in [6.07, 6.45) is -4.85. The van der Waals surface area contributed by atoms with Crippen LogP contribution in [0.2, 0.25) is 0 Å². The number of hydrogen-bond donors (Lipinski definition) is 0. The Balaban J connectivity index is 2.92. The number of alkyl halides is 3. The number of rotatable bonds is 5. The molecule has 0 unspecified atom stereocenters. The maximum Gasteiger partial charge on any atom is 0.573 e. The van der Waals surface area contributed by atoms with Gasteiger partial charge in [0.15, 0.2) is 0 Å². The third kappa shape index (κ3) is 4.88. The molecule has 0 heterocycles. The average molecular weight is 340 g/mol. The van der Waals surface area contributed by atoms with Gasteiger partial charge in [0, 0.05) is 21.1 Å². The Bertz CT molecular complexity index is 627. The van der Waals surface area contributed by atoms with Gasteiger partial charge in [-0.1, -0.05) is 0 Å². The quantitative estimate of drug-likeness (QED) is 0.810. The molecule has 0 aliphatic carbocycles. The molecule has 0 aliphatic rings. The third-order valence-corrected chi connectivity index (χ3v) is 4.44. The fourth-order valence-corrected chi connectivity index (χ4v) is 2.53. The minimum atomic E-state index is -4.85. The molecule has 0 saturated carbocycles. The van der Waals surface area contributed by atoms with Crippen LogP contribution in [0.25, 0.3) is 0 Å². The second kappa shape index (κ2) is 6.53. The largest absolute Gasteiger partial charge is 0.573 e. The summed E-state index contributed by atoms with van der Waals surface area (Å²) in [7, 11) is 0.183. The summed E-state index contributed by atoms with van der Waals surface area (Å²) in [5.74, 6) is -0.957. The highest BCUT2D eigenvalue weighted by Crippen LogP contribution is 2.24. The standard InChI is InChI=1S/C12H15F3N2O4S/c1-16(2)11(18)8-17(3)22(19,20)10-6-4-9(5-7-10)21-12(13,14)15/h4-7H,8H2,1-3H3. The Labute approximate surface area is 126 Å². The molecule has 1 amide bonds. The monoisotopic (exact) mass is 340 g/mol. The minimum absolute atomic E-state index is 0.240. The number of benzene rings is 1. The second-order valence-electron chi connectivity index (χ2n) is 4.57. The van der Waals surface area contributed by atoms with E-state index in [1.165, 1.54) is 26.0 Å². The summed E-state index contributed by atoms with van der Waals surface area (Å²) in [4.78, 5) is 12.5. The number of nitrogens with zero attached hydrogens (tertiary/aromatic N) is 2. The van der Waals surface area contributed by atoms with Crippen molar-refractivity contribution < 1.29 is 31.1 Å². The van der Waals surface area contributed by atoms with Gasteiger partial charge in [0.2, 0.25) is 15.9 Å². The van der Waals surface area contributed by atoms with Crippen LogP contribution in [0.15, 0.2) is 29.2 Å². The van der Waals surface area contributed by atoms with Gasteiger partial charge in [-0.05, 0) is 24.3 Å². The number of hydrogen-bond acceptors (Lipinski definition) is 4. The number of sulfonamides is 1. The first-order valence-electron chi connectivity index (χ1n) is 5.96. The Hall–Kier alpha value is -1.81. The van der Waals surface area contributed by atoms with E-state index < -0.39 is 28.0 Å². The molecule has 1 rings (SSSR count). The molecule has 22 heavy (non-hydrogen) atoms. The Morgan fingerprint density at radius 3 is 2.05 bits per heavy atom. The van der Waals surface area contributed by atoms with E-state index in [2.05, 4.69) is 4.74 Å². The zero-order chi connectivity index (χ0) is 17.1. The zero-order valence-electron chi connectivity index (χ0n) is 12.1. The fourth-order valence-electron chi connectivity index (χ4n) is 1.41. The van der Waals surface area contributed by atoms with Crippen molar-refractivity contribution in [3.05, 3.63) is 24.3 Å². The highest BCUT2D eigenvalue weighted by atomic mass is 32.2. The van der Waals surface area contributed by atoms with Gasteiger partial charge in [-0.15, -0.1) is 13.2 Å². The van der Waals surface area contributed by atoms with Gasteiger partial charge in [0.05, 0.1) is 11.4 Å². The van der Waals surface area contributed by atoms with Crippen LogP contribution in [0.1, 0.15) is 0 Å². The van der Waals surface area contributed by atoms with Crippen LogP contribution in [0.3, 0.4) is 0 Å². The lowest BCUT2D eigenvalue weighted by Gasteiger charge is -2.19. The van der Waals surface area contributed by atoms with Crippen LogP contribution >= 0.6 is 0 Å². The second-order valence-corrected chi connectivity index (χ2v) is 6.61. The predicted octanol–water partition coefficient (Wildman–Crippen LogP) is 1.29. The molecule has 0 aromatic heterocycles. The molecule has 0 fully saturated rings. The molecular weight excluding hydrogens is 325 g/mol. The third-order valence-electron chi connectivity index (χ3n) is 2.62. The van der Waals surface area contributed by atoms with Gasteiger partial charge in [-0.2, -0.15) is 4.31 Å². The van der Waals surface area contributed by atoms with Crippen LogP contribution < -0.4 is 4.74 Å². The van der Waals surface area contributed by atoms with Gasteiger partial charge < -0.3 is 9.64 Å². The molecule has 0 saturated heterocycles. The van der Waals surface area contributed by atoms with Crippen molar-refractivity contribution in [2.75, 3.05) is 27.7 Å². The summed E-state index contributed by atoms with van der Waals surface area (Å²) < 4.78 is 64.9. The van der Waals surface area contributed by atoms with Crippen molar-refractivity contribution in [3.8, 4) is 5.75 Å². The number of amides is 1. The Morgan fingerprint density at radius 1 is 1.14 bits per heavy atom. The van der Waals surface area contributed by atoms with E-state index in [0.717, 1.165) is 28.6 Å². The molecule has 0 radical (unpaired) electrons. The molecule has 10 heteroatoms. The molecule has 6 nitrogen and oxygen atoms in total. The van der Waals surface area contributed by atoms with Crippen LogP contribution in [0.5, 0.6) is 5.75 Å². The zero-order valence-corrected chi connectivity index (χ0v) is 12.9. The summed E-state index contributed by atoms with van der Waals surface area (Å²) in [5, 5.41) is 0. The first-order chi connectivity index (χ1) is 9.93. The molecule has 0 spiro atoms. The van der Waals surface area contributed by atoms with Crippen molar-refractivity contribution in [2.24, 2.45) is 0 Å². The van der Waals surface area contributed by atoms with Crippen LogP contribution in [0, 0.1) is 0 Å². The van der Waals surface area contributed by atoms with Crippen molar-refractivity contribution in [2.45, 2.75) is 11.3 Å². The highest BCUT2D eigenvalue weighted by Gasteiger charge is 2.31. The fraction of sp³-hybridized carbons (Fsp3) is 0.417. The van der Waals surface area contributed by atoms with E-state index in [0.29, 0.717) is 0 Å². The maximum absolute atomic E-state index is 12.2. The van der Waals surface area contributed by atoms with Gasteiger partial charge in [0.25, 0.3) is 0 Å². The van der Waals surface area contributed by atoms with E-state index in [1.54, 1.807) is 0 Å². The van der Waals surface area contributed by atoms with E-state index in [1.807, 2.05) is 0 Å². The molecule has 1 aromatic rings. The number of carbonyl (C=O) groups is 1. The smallest absolute Gasteiger partial charge is 0.406 e. The van der Waals surface area contributed by atoms with Crippen molar-refractivity contribution in [3.63, 3.8) is 0 Å². The lowest BCUT2D eigenvalue weighted by atomic mass is 10.3. The normalized spacial score (nSPS) is 12.3. The lowest BCUT2D eigenvalue weighted by molar-refractivity contribution is -0.274. The number of ether oxygens (including phenoxy) is 1. The molecular formula is C12H15F3N2O4S. The first-order valence-corrected chi connectivity index (χ1v) is 7.40. The van der Waals surface area contributed by atoms with Gasteiger partial charge >= 0.3 is 6.36 Å². The number of likely N-dealkylation sites (N-methyl/N-ethyl adjacent to an activating group) is 2. The van der Waals surface area contributed by atoms with E-state index in [9.17, 15) is 26.4 Å². The Kier molecular flexibility index (Phi) is 5.41. The van der Waals surface area contributed by atoms with Gasteiger partial charge in [-0.25, -0.2) is 8.42 Å². The van der Waals surface area contributed by atoms with Crippen molar-refractivity contribution >= 4 is 15.9 Å². The highest BCUT2D eigenvalue weighted by molar-refractivity contribution is 7.89. The van der Waals surface area contributed by atoms with Crippen molar-refractivity contribution in [1.29, 1.82) is 0 Å². The molecule has 0 atom stereocenters. The molecule has 1 aromatic carbocycles. The molecule has 0 N–H and O–H groups in total. The maximum atomic E-state index is 12.2. The number of carbonyl (C=O) groups excluding carboxylic acids is 1. The summed E-state index contributed by atoms with van der Waals surface area (Å²) in [6, 6.07) is 3.74. The van der Waals surface area contributed by atoms with Gasteiger partial charge in [-0.3, -0.25) is 4.79 Å². The van der Waals surface area contributed by atoms with Gasteiger partial charge in [0.1, 0.15) is 5.75 Å². The topological polar surface area (TPSA) is 66.9 Å². The molecule has 0 bridgehead atoms. The molecule has 124 valence electrons. The summed E-state index contributed by atoms with van der Waals surface area (Å²) in [5.41, 5.74) is 0. The predicted molar refractivity (Wildman–Crippen MR) is 71.6 cm³/mol. The van der Waals surface area contributed by atoms with Crippen LogP contribution in [-0.2, 0) is 14.8 Å². The van der Waals surface area contributed by atoms with E-state index >= 15 is 0 Å². The van der Waals surface area contributed by atoms with Crippen LogP contribution in [0.4, 0.5) is 13.2 Å². The summed E-state index contributed by atoms with van der Waals surface area (Å²) in [6.45, 7) is -0.379. The first kappa shape index (κ1) is 18.2. The Morgan fingerprint density at radius 2 is 1.64 bits per heavy atom. The SMILES string of the molecule is CN(C)C(=O)CN(C)S(=O)(=O)c1ccc(OC(F)(F)F)cc1. The van der Waals surface area contributed by atoms with Crippen molar-refractivity contribution in [1.82, 2.24) is 9.21 Å². The number of halogens is 3.